The van der Waals surface area contributed by atoms with Crippen molar-refractivity contribution in [1.29, 1.82) is 5.26 Å². The number of hydrogen-bond acceptors (Lipinski definition) is 3. The minimum atomic E-state index is 0.552. The molecule has 0 aromatic heterocycles. The van der Waals surface area contributed by atoms with E-state index in [4.69, 9.17) is 10.00 Å². The zero-order valence-electron chi connectivity index (χ0n) is 9.49. The lowest BCUT2D eigenvalue weighted by Crippen LogP contribution is -2.00. The fourth-order valence-electron chi connectivity index (χ4n) is 1.41. The van der Waals surface area contributed by atoms with E-state index in [2.05, 4.69) is 22.0 Å². The molecule has 0 atom stereocenters. The molecule has 17 heavy (non-hydrogen) atoms. The highest BCUT2D eigenvalue weighted by molar-refractivity contribution is 9.10. The first-order chi connectivity index (χ1) is 8.27. The number of hydrogen-bond donors (Lipinski definition) is 0. The van der Waals surface area contributed by atoms with Gasteiger partial charge in [0.2, 0.25) is 0 Å². The van der Waals surface area contributed by atoms with Gasteiger partial charge in [0.25, 0.3) is 0 Å². The monoisotopic (exact) mass is 295 g/mol. The molecule has 0 bridgehead atoms. The van der Waals surface area contributed by atoms with Gasteiger partial charge < -0.3 is 4.74 Å². The lowest BCUT2D eigenvalue weighted by molar-refractivity contribution is 0.111. The van der Waals surface area contributed by atoms with E-state index in [1.54, 1.807) is 12.1 Å². The number of aldehydes is 1. The Bertz CT molecular complexity index is 412. The van der Waals surface area contributed by atoms with E-state index in [-0.39, 0.29) is 0 Å². The molecule has 0 aliphatic heterocycles. The Hall–Kier alpha value is -1.34. The van der Waals surface area contributed by atoms with Crippen LogP contribution in [0, 0.1) is 11.3 Å². The molecule has 1 aromatic carbocycles. The largest absolute Gasteiger partial charge is 0.493 e. The van der Waals surface area contributed by atoms with Gasteiger partial charge in [0.1, 0.15) is 5.75 Å². The second-order valence-electron chi connectivity index (χ2n) is 3.62. The molecule has 0 aliphatic carbocycles. The zero-order chi connectivity index (χ0) is 12.5. The Morgan fingerprint density at radius 1 is 1.35 bits per heavy atom. The van der Waals surface area contributed by atoms with Crippen molar-refractivity contribution >= 4 is 22.2 Å². The minimum absolute atomic E-state index is 0.552. The SMILES string of the molecule is N#CCCCCCOc1ccc(Br)cc1C=O. The summed E-state index contributed by atoms with van der Waals surface area (Å²) in [6, 6.07) is 7.47. The minimum Gasteiger partial charge on any atom is -0.493 e. The van der Waals surface area contributed by atoms with Crippen molar-refractivity contribution < 1.29 is 9.53 Å². The van der Waals surface area contributed by atoms with Crippen LogP contribution in [0.3, 0.4) is 0 Å². The van der Waals surface area contributed by atoms with Gasteiger partial charge in [-0.2, -0.15) is 5.26 Å². The summed E-state index contributed by atoms with van der Waals surface area (Å²) in [5.41, 5.74) is 0.552. The van der Waals surface area contributed by atoms with Gasteiger partial charge in [-0.1, -0.05) is 15.9 Å². The van der Waals surface area contributed by atoms with Gasteiger partial charge in [0.15, 0.2) is 6.29 Å². The Labute approximate surface area is 110 Å². The van der Waals surface area contributed by atoms with Gasteiger partial charge in [-0.15, -0.1) is 0 Å². The standard InChI is InChI=1S/C13H14BrNO2/c14-12-5-6-13(11(9-12)10-16)17-8-4-2-1-3-7-15/h5-6,9-10H,1-4,8H2. The number of unbranched alkanes of at least 4 members (excludes halogenated alkanes) is 3. The maximum Gasteiger partial charge on any atom is 0.153 e. The van der Waals surface area contributed by atoms with Crippen LogP contribution < -0.4 is 4.74 Å². The topological polar surface area (TPSA) is 50.1 Å². The highest BCUT2D eigenvalue weighted by Gasteiger charge is 2.03. The van der Waals surface area contributed by atoms with Crippen molar-refractivity contribution in [3.05, 3.63) is 28.2 Å². The molecule has 0 N–H and O–H groups in total. The molecule has 0 saturated heterocycles. The van der Waals surface area contributed by atoms with Crippen LogP contribution in [-0.2, 0) is 0 Å². The lowest BCUT2D eigenvalue weighted by Gasteiger charge is -2.08. The number of rotatable bonds is 7. The molecule has 0 spiro atoms. The second-order valence-corrected chi connectivity index (χ2v) is 4.53. The fraction of sp³-hybridized carbons (Fsp3) is 0.385. The van der Waals surface area contributed by atoms with Crippen LogP contribution in [0.2, 0.25) is 0 Å². The van der Waals surface area contributed by atoms with Crippen LogP contribution in [0.4, 0.5) is 0 Å². The molecular weight excluding hydrogens is 282 g/mol. The summed E-state index contributed by atoms with van der Waals surface area (Å²) in [6.45, 7) is 0.577. The number of benzene rings is 1. The van der Waals surface area contributed by atoms with Crippen LogP contribution in [0.1, 0.15) is 36.0 Å². The van der Waals surface area contributed by atoms with E-state index in [1.807, 2.05) is 6.07 Å². The Morgan fingerprint density at radius 2 is 2.18 bits per heavy atom. The van der Waals surface area contributed by atoms with Gasteiger partial charge in [-0.3, -0.25) is 4.79 Å². The van der Waals surface area contributed by atoms with E-state index in [0.29, 0.717) is 24.3 Å². The average Bonchev–Trinajstić information content (AvgIpc) is 2.35. The summed E-state index contributed by atoms with van der Waals surface area (Å²) in [5, 5.41) is 8.37. The second kappa shape index (κ2) is 7.86. The van der Waals surface area contributed by atoms with Crippen molar-refractivity contribution in [2.45, 2.75) is 25.7 Å². The van der Waals surface area contributed by atoms with E-state index in [1.165, 1.54) is 0 Å². The van der Waals surface area contributed by atoms with Crippen LogP contribution in [-0.4, -0.2) is 12.9 Å². The normalized spacial score (nSPS) is 9.65. The first kappa shape index (κ1) is 13.7. The molecule has 3 nitrogen and oxygen atoms in total. The molecule has 0 heterocycles. The first-order valence-corrected chi connectivity index (χ1v) is 6.31. The summed E-state index contributed by atoms with van der Waals surface area (Å²) >= 11 is 3.30. The predicted octanol–water partition coefficient (Wildman–Crippen LogP) is 3.72. The third-order valence-corrected chi connectivity index (χ3v) is 2.78. The summed E-state index contributed by atoms with van der Waals surface area (Å²) in [7, 11) is 0. The van der Waals surface area contributed by atoms with Crippen molar-refractivity contribution in [2.24, 2.45) is 0 Å². The van der Waals surface area contributed by atoms with Crippen LogP contribution in [0.5, 0.6) is 5.75 Å². The van der Waals surface area contributed by atoms with Crippen LogP contribution in [0.15, 0.2) is 22.7 Å². The molecule has 0 unspecified atom stereocenters. The van der Waals surface area contributed by atoms with Crippen molar-refractivity contribution in [1.82, 2.24) is 0 Å². The predicted molar refractivity (Wildman–Crippen MR) is 69.1 cm³/mol. The molecule has 1 aromatic rings. The van der Waals surface area contributed by atoms with Crippen molar-refractivity contribution in [3.8, 4) is 11.8 Å². The Balaban J connectivity index is 2.36. The van der Waals surface area contributed by atoms with E-state index >= 15 is 0 Å². The third-order valence-electron chi connectivity index (χ3n) is 2.29. The van der Waals surface area contributed by atoms with Gasteiger partial charge in [0, 0.05) is 10.9 Å². The van der Waals surface area contributed by atoms with Crippen LogP contribution in [0.25, 0.3) is 0 Å². The molecule has 0 radical (unpaired) electrons. The number of carbonyl (C=O) groups is 1. The maximum absolute atomic E-state index is 10.8. The number of nitrogens with zero attached hydrogens (tertiary/aromatic N) is 1. The summed E-state index contributed by atoms with van der Waals surface area (Å²) < 4.78 is 6.39. The fourth-order valence-corrected chi connectivity index (χ4v) is 1.79. The molecule has 0 fully saturated rings. The molecule has 4 heteroatoms. The molecule has 90 valence electrons. The van der Waals surface area contributed by atoms with E-state index in [0.717, 1.165) is 30.0 Å². The number of halogens is 1. The lowest BCUT2D eigenvalue weighted by atomic mass is 10.2. The van der Waals surface area contributed by atoms with Crippen molar-refractivity contribution in [3.63, 3.8) is 0 Å². The molecule has 0 aliphatic rings. The summed E-state index contributed by atoms with van der Waals surface area (Å²) in [5.74, 6) is 0.614. The van der Waals surface area contributed by atoms with Crippen LogP contribution >= 0.6 is 15.9 Å². The van der Waals surface area contributed by atoms with Crippen molar-refractivity contribution in [2.75, 3.05) is 6.61 Å². The van der Waals surface area contributed by atoms with Gasteiger partial charge in [-0.25, -0.2) is 0 Å². The third kappa shape index (κ3) is 5.01. The van der Waals surface area contributed by atoms with Gasteiger partial charge >= 0.3 is 0 Å². The molecule has 0 saturated carbocycles. The highest BCUT2D eigenvalue weighted by Crippen LogP contribution is 2.21. The van der Waals surface area contributed by atoms with E-state index in [9.17, 15) is 4.79 Å². The number of nitriles is 1. The smallest absolute Gasteiger partial charge is 0.153 e. The molecule has 1 rings (SSSR count). The summed E-state index contributed by atoms with van der Waals surface area (Å²) in [4.78, 5) is 10.8. The number of ether oxygens (including phenoxy) is 1. The molecular formula is C13H14BrNO2. The highest BCUT2D eigenvalue weighted by atomic mass is 79.9. The quantitative estimate of drug-likeness (QED) is 0.569. The summed E-state index contributed by atoms with van der Waals surface area (Å²) in [6.07, 6.45) is 4.16. The first-order valence-electron chi connectivity index (χ1n) is 5.52. The number of carbonyl (C=O) groups excluding carboxylic acids is 1. The zero-order valence-corrected chi connectivity index (χ0v) is 11.1. The van der Waals surface area contributed by atoms with E-state index < -0.39 is 0 Å². The molecule has 0 amide bonds. The Kier molecular flexibility index (Phi) is 6.34. The Morgan fingerprint density at radius 3 is 2.88 bits per heavy atom. The maximum atomic E-state index is 10.8. The van der Waals surface area contributed by atoms with Gasteiger partial charge in [0.05, 0.1) is 18.2 Å². The van der Waals surface area contributed by atoms with Gasteiger partial charge in [-0.05, 0) is 37.5 Å². The average molecular weight is 296 g/mol.